The van der Waals surface area contributed by atoms with E-state index in [0.29, 0.717) is 16.2 Å². The highest BCUT2D eigenvalue weighted by atomic mass is 19.4. The molecule has 0 aliphatic heterocycles. The van der Waals surface area contributed by atoms with E-state index in [1.807, 2.05) is 0 Å². The fourth-order valence-electron chi connectivity index (χ4n) is 3.11. The Bertz CT molecular complexity index is 831. The molecule has 2 unspecified atom stereocenters. The minimum absolute atomic E-state index is 0.0318. The van der Waals surface area contributed by atoms with Crippen LogP contribution in [-0.2, 0) is 14.4 Å². The van der Waals surface area contributed by atoms with E-state index in [4.69, 9.17) is 4.84 Å². The van der Waals surface area contributed by atoms with Gasteiger partial charge < -0.3 is 10.4 Å². The number of nitrogens with zero attached hydrogens (tertiary/aromatic N) is 1. The lowest BCUT2D eigenvalue weighted by molar-refractivity contribution is -0.257. The number of hydrogen-bond acceptors (Lipinski definition) is 4. The Balaban J connectivity index is 2.34. The van der Waals surface area contributed by atoms with Crippen molar-refractivity contribution < 1.29 is 32.7 Å². The van der Waals surface area contributed by atoms with Gasteiger partial charge in [0.25, 0.3) is 5.91 Å². The maximum atomic E-state index is 13.2. The van der Waals surface area contributed by atoms with Crippen molar-refractivity contribution in [2.75, 3.05) is 0 Å². The number of nitrogens with one attached hydrogen (secondary N) is 1. The van der Waals surface area contributed by atoms with Gasteiger partial charge in [0.15, 0.2) is 6.10 Å². The van der Waals surface area contributed by atoms with Crippen LogP contribution in [-0.4, -0.2) is 46.4 Å². The van der Waals surface area contributed by atoms with Crippen LogP contribution in [0.3, 0.4) is 0 Å². The zero-order valence-corrected chi connectivity index (χ0v) is 18.0. The van der Waals surface area contributed by atoms with Gasteiger partial charge in [0.2, 0.25) is 6.41 Å². The largest absolute Gasteiger partial charge is 0.391 e. The molecule has 6 nitrogen and oxygen atoms in total. The molecule has 2 atom stereocenters. The molecule has 0 saturated carbocycles. The lowest BCUT2D eigenvalue weighted by Crippen LogP contribution is -2.54. The van der Waals surface area contributed by atoms with Crippen molar-refractivity contribution in [3.8, 4) is 0 Å². The molecular formula is C23H27F3N2O4. The smallest absolute Gasteiger partial charge is 0.381 e. The molecule has 2 rings (SSSR count). The van der Waals surface area contributed by atoms with E-state index in [0.717, 1.165) is 0 Å². The normalized spacial score (nSPS) is 14.0. The molecular weight excluding hydrogens is 425 g/mol. The molecule has 0 bridgehead atoms. The van der Waals surface area contributed by atoms with Crippen molar-refractivity contribution in [1.82, 2.24) is 10.4 Å². The van der Waals surface area contributed by atoms with Crippen molar-refractivity contribution in [2.24, 2.45) is 0 Å². The highest BCUT2D eigenvalue weighted by Gasteiger charge is 2.43. The van der Waals surface area contributed by atoms with Gasteiger partial charge >= 0.3 is 6.18 Å². The van der Waals surface area contributed by atoms with Crippen LogP contribution in [0.25, 0.3) is 0 Å². The van der Waals surface area contributed by atoms with Gasteiger partial charge in [-0.15, -0.1) is 0 Å². The van der Waals surface area contributed by atoms with Crippen LogP contribution in [0, 0.1) is 0 Å². The van der Waals surface area contributed by atoms with Crippen LogP contribution in [0.2, 0.25) is 0 Å². The number of carbonyl (C=O) groups is 2. The van der Waals surface area contributed by atoms with Gasteiger partial charge in [0, 0.05) is 0 Å². The van der Waals surface area contributed by atoms with E-state index in [-0.39, 0.29) is 6.41 Å². The molecule has 0 radical (unpaired) electrons. The first-order valence-corrected chi connectivity index (χ1v) is 9.99. The number of hydroxylamine groups is 2. The number of carbonyl (C=O) groups excluding carboxylic acids is 2. The number of aliphatic hydroxyl groups is 1. The van der Waals surface area contributed by atoms with Crippen LogP contribution >= 0.6 is 0 Å². The molecule has 2 aromatic carbocycles. The third-order valence-corrected chi connectivity index (χ3v) is 4.44. The summed E-state index contributed by atoms with van der Waals surface area (Å²) in [6.07, 6.45) is -8.55. The lowest BCUT2D eigenvalue weighted by atomic mass is 9.97. The second-order valence-electron chi connectivity index (χ2n) is 8.26. The van der Waals surface area contributed by atoms with E-state index in [9.17, 15) is 27.9 Å². The van der Waals surface area contributed by atoms with Gasteiger partial charge in [-0.1, -0.05) is 60.7 Å². The van der Waals surface area contributed by atoms with Crippen LogP contribution in [0.4, 0.5) is 13.2 Å². The number of rotatable bonds is 9. The second kappa shape index (κ2) is 10.6. The summed E-state index contributed by atoms with van der Waals surface area (Å²) in [6, 6.07) is 14.9. The first-order chi connectivity index (χ1) is 14.9. The van der Waals surface area contributed by atoms with Gasteiger partial charge in [-0.2, -0.15) is 13.2 Å². The summed E-state index contributed by atoms with van der Waals surface area (Å²) in [5.74, 6) is -1.07. The molecule has 2 amide bonds. The van der Waals surface area contributed by atoms with Crippen molar-refractivity contribution in [1.29, 1.82) is 0 Å². The Labute approximate surface area is 184 Å². The number of halogens is 3. The molecule has 0 aliphatic rings. The number of benzene rings is 2. The number of hydrogen-bond donors (Lipinski definition) is 2. The van der Waals surface area contributed by atoms with Crippen LogP contribution in [0.15, 0.2) is 60.7 Å². The zero-order valence-electron chi connectivity index (χ0n) is 18.0. The van der Waals surface area contributed by atoms with Gasteiger partial charge in [-0.05, 0) is 31.9 Å². The Morgan fingerprint density at radius 3 is 1.88 bits per heavy atom. The summed E-state index contributed by atoms with van der Waals surface area (Å²) in [7, 11) is 0. The fourth-order valence-corrected chi connectivity index (χ4v) is 3.11. The summed E-state index contributed by atoms with van der Waals surface area (Å²) in [6.45, 7) is 4.59. The highest BCUT2D eigenvalue weighted by Crippen LogP contribution is 2.28. The Morgan fingerprint density at radius 1 is 1.03 bits per heavy atom. The number of alkyl halides is 3. The summed E-state index contributed by atoms with van der Waals surface area (Å²) in [5, 5.41) is 13.6. The minimum atomic E-state index is -4.76. The quantitative estimate of drug-likeness (QED) is 0.449. The van der Waals surface area contributed by atoms with Crippen LogP contribution < -0.4 is 5.32 Å². The van der Waals surface area contributed by atoms with Gasteiger partial charge in [0.1, 0.15) is 6.04 Å². The third kappa shape index (κ3) is 7.65. The molecule has 0 aromatic heterocycles. The standard InChI is InChI=1S/C23H27F3N2O4/c1-22(2,3)32-28(15-29)18(14-23(24,25)26)20(30)21(31)27-19(16-10-6-4-7-11-16)17-12-8-5-9-13-17/h4-13,15,18-20,30H,14H2,1-3H3,(H,27,31). The Kier molecular flexibility index (Phi) is 8.40. The molecule has 2 N–H and O–H groups in total. The SMILES string of the molecule is CC(C)(C)ON(C=O)C(CC(F)(F)F)C(O)C(=O)NC(c1ccccc1)c1ccccc1. The predicted octanol–water partition coefficient (Wildman–Crippen LogP) is 3.76. The highest BCUT2D eigenvalue weighted by molar-refractivity contribution is 5.82. The maximum Gasteiger partial charge on any atom is 0.391 e. The van der Waals surface area contributed by atoms with Gasteiger partial charge in [0.05, 0.1) is 18.1 Å². The Morgan fingerprint density at radius 2 is 1.50 bits per heavy atom. The molecule has 2 aromatic rings. The first kappa shape index (κ1) is 25.4. The summed E-state index contributed by atoms with van der Waals surface area (Å²) >= 11 is 0. The van der Waals surface area contributed by atoms with Gasteiger partial charge in [-0.25, -0.2) is 5.06 Å². The van der Waals surface area contributed by atoms with Crippen molar-refractivity contribution in [2.45, 2.75) is 57.2 Å². The summed E-state index contributed by atoms with van der Waals surface area (Å²) in [5.41, 5.74) is 0.312. The maximum absolute atomic E-state index is 13.2. The third-order valence-electron chi connectivity index (χ3n) is 4.44. The number of amides is 2. The average Bonchev–Trinajstić information content (AvgIpc) is 2.73. The van der Waals surface area contributed by atoms with Gasteiger partial charge in [-0.3, -0.25) is 14.4 Å². The van der Waals surface area contributed by atoms with Crippen molar-refractivity contribution in [3.05, 3.63) is 71.8 Å². The molecule has 0 heterocycles. The Hall–Kier alpha value is -2.91. The zero-order chi connectivity index (χ0) is 23.9. The molecule has 0 spiro atoms. The molecule has 0 aliphatic carbocycles. The fraction of sp³-hybridized carbons (Fsp3) is 0.391. The summed E-state index contributed by atoms with van der Waals surface area (Å²) < 4.78 is 39.6. The average molecular weight is 452 g/mol. The second-order valence-corrected chi connectivity index (χ2v) is 8.26. The molecule has 174 valence electrons. The summed E-state index contributed by atoms with van der Waals surface area (Å²) in [4.78, 5) is 29.6. The van der Waals surface area contributed by atoms with E-state index >= 15 is 0 Å². The topological polar surface area (TPSA) is 78.9 Å². The predicted molar refractivity (Wildman–Crippen MR) is 112 cm³/mol. The number of aliphatic hydroxyl groups excluding tert-OH is 1. The van der Waals surface area contributed by atoms with E-state index in [2.05, 4.69) is 5.32 Å². The van der Waals surface area contributed by atoms with Crippen molar-refractivity contribution in [3.63, 3.8) is 0 Å². The molecule has 32 heavy (non-hydrogen) atoms. The lowest BCUT2D eigenvalue weighted by Gasteiger charge is -2.35. The molecule has 0 saturated heterocycles. The monoisotopic (exact) mass is 452 g/mol. The van der Waals surface area contributed by atoms with Crippen molar-refractivity contribution >= 4 is 12.3 Å². The molecule has 9 heteroatoms. The van der Waals surface area contributed by atoms with Crippen LogP contribution in [0.5, 0.6) is 0 Å². The van der Waals surface area contributed by atoms with Crippen LogP contribution in [0.1, 0.15) is 44.4 Å². The minimum Gasteiger partial charge on any atom is -0.381 e. The molecule has 0 fully saturated rings. The van der Waals surface area contributed by atoms with E-state index < -0.39 is 42.3 Å². The first-order valence-electron chi connectivity index (χ1n) is 9.99. The van der Waals surface area contributed by atoms with E-state index in [1.54, 1.807) is 60.7 Å². The van der Waals surface area contributed by atoms with E-state index in [1.165, 1.54) is 20.8 Å².